The molecule has 34 heavy (non-hydrogen) atoms. The highest BCUT2D eigenvalue weighted by Gasteiger charge is 2.30. The number of amides is 2. The maximum atomic E-state index is 13.5. The van der Waals surface area contributed by atoms with Gasteiger partial charge in [-0.25, -0.2) is 0 Å². The molecule has 1 atom stereocenters. The number of benzene rings is 3. The molecule has 3 rings (SSSR count). The molecule has 0 aliphatic rings. The topological polar surface area (TPSA) is 49.4 Å². The van der Waals surface area contributed by atoms with Crippen LogP contribution in [0.25, 0.3) is 0 Å². The Morgan fingerprint density at radius 2 is 1.62 bits per heavy atom. The van der Waals surface area contributed by atoms with Gasteiger partial charge < -0.3 is 10.2 Å². The third kappa shape index (κ3) is 7.67. The Kier molecular flexibility index (Phi) is 10.1. The summed E-state index contributed by atoms with van der Waals surface area (Å²) in [7, 11) is 1.58. The van der Waals surface area contributed by atoms with Crippen molar-refractivity contribution in [3.05, 3.63) is 105 Å². The van der Waals surface area contributed by atoms with Gasteiger partial charge in [0.05, 0.1) is 5.75 Å². The van der Waals surface area contributed by atoms with Crippen molar-refractivity contribution in [2.75, 3.05) is 12.8 Å². The minimum Gasteiger partial charge on any atom is -0.357 e. The summed E-state index contributed by atoms with van der Waals surface area (Å²) in [5.41, 5.74) is 2.72. The van der Waals surface area contributed by atoms with Crippen LogP contribution in [0.15, 0.2) is 72.8 Å². The van der Waals surface area contributed by atoms with Crippen LogP contribution in [0, 0.1) is 0 Å². The molecule has 0 bridgehead atoms. The van der Waals surface area contributed by atoms with Crippen molar-refractivity contribution in [3.8, 4) is 0 Å². The van der Waals surface area contributed by atoms with Crippen LogP contribution in [0.5, 0.6) is 0 Å². The monoisotopic (exact) mass is 534 g/mol. The number of likely N-dealkylation sites (N-methyl/N-ethyl adjacent to an activating group) is 1. The second kappa shape index (κ2) is 13.1. The lowest BCUT2D eigenvalue weighted by atomic mass is 10.0. The van der Waals surface area contributed by atoms with Crippen LogP contribution >= 0.6 is 46.6 Å². The van der Waals surface area contributed by atoms with Crippen molar-refractivity contribution >= 4 is 58.4 Å². The van der Waals surface area contributed by atoms with E-state index in [0.717, 1.165) is 16.7 Å². The number of rotatable bonds is 10. The van der Waals surface area contributed by atoms with E-state index in [-0.39, 0.29) is 24.1 Å². The predicted octanol–water partition coefficient (Wildman–Crippen LogP) is 6.27. The molecule has 1 N–H and O–H groups in total. The Morgan fingerprint density at radius 3 is 2.29 bits per heavy atom. The first-order valence-corrected chi connectivity index (χ1v) is 13.0. The summed E-state index contributed by atoms with van der Waals surface area (Å²) >= 11 is 20.0. The zero-order valence-electron chi connectivity index (χ0n) is 18.6. The van der Waals surface area contributed by atoms with E-state index in [1.165, 1.54) is 11.8 Å². The van der Waals surface area contributed by atoms with Crippen LogP contribution in [0.1, 0.15) is 16.7 Å². The number of nitrogens with zero attached hydrogens (tertiary/aromatic N) is 1. The van der Waals surface area contributed by atoms with Crippen LogP contribution in [0.2, 0.25) is 15.1 Å². The zero-order chi connectivity index (χ0) is 24.5. The first kappa shape index (κ1) is 26.4. The number of thioether (sulfide) groups is 1. The third-order valence-corrected chi connectivity index (χ3v) is 7.07. The number of carbonyl (C=O) groups is 2. The minimum atomic E-state index is -0.696. The van der Waals surface area contributed by atoms with E-state index in [9.17, 15) is 9.59 Å². The molecule has 4 nitrogen and oxygen atoms in total. The number of hydrogen-bond acceptors (Lipinski definition) is 3. The molecule has 178 valence electrons. The second-order valence-corrected chi connectivity index (χ2v) is 9.97. The Balaban J connectivity index is 1.84. The molecule has 1 unspecified atom stereocenters. The van der Waals surface area contributed by atoms with Gasteiger partial charge >= 0.3 is 0 Å². The van der Waals surface area contributed by atoms with Crippen molar-refractivity contribution in [1.29, 1.82) is 0 Å². The summed E-state index contributed by atoms with van der Waals surface area (Å²) in [6.07, 6.45) is 0.385. The molecular formula is C26H25Cl3N2O2S. The lowest BCUT2D eigenvalue weighted by Gasteiger charge is -2.31. The summed E-state index contributed by atoms with van der Waals surface area (Å²) in [5.74, 6) is 0.454. The molecule has 0 aliphatic carbocycles. The van der Waals surface area contributed by atoms with E-state index >= 15 is 0 Å². The van der Waals surface area contributed by atoms with Crippen molar-refractivity contribution in [2.24, 2.45) is 0 Å². The highest BCUT2D eigenvalue weighted by molar-refractivity contribution is 7.99. The number of halogens is 3. The van der Waals surface area contributed by atoms with E-state index in [1.54, 1.807) is 30.1 Å². The van der Waals surface area contributed by atoms with Crippen molar-refractivity contribution in [2.45, 2.75) is 24.8 Å². The number of hydrogen-bond donors (Lipinski definition) is 1. The molecule has 0 fully saturated rings. The molecule has 0 saturated carbocycles. The highest BCUT2D eigenvalue weighted by Crippen LogP contribution is 2.25. The fourth-order valence-electron chi connectivity index (χ4n) is 3.52. The van der Waals surface area contributed by atoms with Crippen molar-refractivity contribution in [3.63, 3.8) is 0 Å². The van der Waals surface area contributed by atoms with Crippen LogP contribution in [-0.4, -0.2) is 35.6 Å². The van der Waals surface area contributed by atoms with Crippen molar-refractivity contribution in [1.82, 2.24) is 10.2 Å². The summed E-state index contributed by atoms with van der Waals surface area (Å²) in [6.45, 7) is 0.192. The first-order valence-electron chi connectivity index (χ1n) is 10.7. The SMILES string of the molecule is CNC(=O)C(Cc1ccccc1)N(Cc1ccc(Cl)cc1Cl)C(=O)CSCc1cccc(Cl)c1. The Bertz CT molecular complexity index is 1130. The summed E-state index contributed by atoms with van der Waals surface area (Å²) in [4.78, 5) is 28.0. The average Bonchev–Trinajstić information content (AvgIpc) is 2.82. The zero-order valence-corrected chi connectivity index (χ0v) is 21.7. The van der Waals surface area contributed by atoms with Gasteiger partial charge in [0.2, 0.25) is 11.8 Å². The smallest absolute Gasteiger partial charge is 0.242 e. The molecule has 0 aromatic heterocycles. The standard InChI is InChI=1S/C26H25Cl3N2O2S/c1-30-26(33)24(13-18-6-3-2-4-7-18)31(15-20-10-11-22(28)14-23(20)29)25(32)17-34-16-19-8-5-9-21(27)12-19/h2-12,14,24H,13,15-17H2,1H3,(H,30,33). The molecule has 2 amide bonds. The molecule has 0 aliphatic heterocycles. The van der Waals surface area contributed by atoms with E-state index in [0.29, 0.717) is 27.2 Å². The Morgan fingerprint density at radius 1 is 0.912 bits per heavy atom. The molecule has 3 aromatic rings. The quantitative estimate of drug-likeness (QED) is 0.333. The van der Waals surface area contributed by atoms with Gasteiger partial charge in [0, 0.05) is 40.8 Å². The van der Waals surface area contributed by atoms with Gasteiger partial charge in [0.1, 0.15) is 6.04 Å². The fraction of sp³-hybridized carbons (Fsp3) is 0.231. The van der Waals surface area contributed by atoms with Crippen LogP contribution in [0.3, 0.4) is 0 Å². The number of carbonyl (C=O) groups excluding carboxylic acids is 2. The van der Waals surface area contributed by atoms with Crippen molar-refractivity contribution < 1.29 is 9.59 Å². The lowest BCUT2D eigenvalue weighted by Crippen LogP contribution is -2.50. The van der Waals surface area contributed by atoms with Gasteiger partial charge in [0.25, 0.3) is 0 Å². The summed E-state index contributed by atoms with van der Waals surface area (Å²) < 4.78 is 0. The minimum absolute atomic E-state index is 0.150. The van der Waals surface area contributed by atoms with Gasteiger partial charge in [-0.05, 0) is 41.0 Å². The van der Waals surface area contributed by atoms with E-state index < -0.39 is 6.04 Å². The molecule has 0 spiro atoms. The molecule has 0 radical (unpaired) electrons. The van der Waals surface area contributed by atoms with E-state index in [4.69, 9.17) is 34.8 Å². The van der Waals surface area contributed by atoms with Crippen LogP contribution in [0.4, 0.5) is 0 Å². The largest absolute Gasteiger partial charge is 0.357 e. The van der Waals surface area contributed by atoms with Crippen LogP contribution < -0.4 is 5.32 Å². The Hall–Kier alpha value is -2.18. The molecule has 0 heterocycles. The van der Waals surface area contributed by atoms with E-state index in [1.807, 2.05) is 54.6 Å². The van der Waals surface area contributed by atoms with E-state index in [2.05, 4.69) is 5.32 Å². The third-order valence-electron chi connectivity index (χ3n) is 5.26. The molecule has 3 aromatic carbocycles. The summed E-state index contributed by atoms with van der Waals surface area (Å²) in [6, 6.07) is 21.7. The van der Waals surface area contributed by atoms with Gasteiger partial charge in [-0.1, -0.05) is 83.3 Å². The van der Waals surface area contributed by atoms with Gasteiger partial charge in [-0.3, -0.25) is 9.59 Å². The normalized spacial score (nSPS) is 11.6. The molecule has 0 saturated heterocycles. The molecular weight excluding hydrogens is 511 g/mol. The first-order chi connectivity index (χ1) is 16.4. The lowest BCUT2D eigenvalue weighted by molar-refractivity contribution is -0.139. The van der Waals surface area contributed by atoms with Gasteiger partial charge in [-0.15, -0.1) is 11.8 Å². The Labute approximate surface area is 219 Å². The van der Waals surface area contributed by atoms with Gasteiger partial charge in [0.15, 0.2) is 0 Å². The number of nitrogens with one attached hydrogen (secondary N) is 1. The second-order valence-electron chi connectivity index (χ2n) is 7.70. The summed E-state index contributed by atoms with van der Waals surface area (Å²) in [5, 5.41) is 4.33. The van der Waals surface area contributed by atoms with Gasteiger partial charge in [-0.2, -0.15) is 0 Å². The maximum Gasteiger partial charge on any atom is 0.242 e. The fourth-order valence-corrected chi connectivity index (χ4v) is 5.06. The van der Waals surface area contributed by atoms with Crippen LogP contribution in [-0.2, 0) is 28.3 Å². The molecule has 8 heteroatoms. The predicted molar refractivity (Wildman–Crippen MR) is 143 cm³/mol. The highest BCUT2D eigenvalue weighted by atomic mass is 35.5. The average molecular weight is 536 g/mol. The maximum absolute atomic E-state index is 13.5.